The van der Waals surface area contributed by atoms with E-state index in [0.717, 1.165) is 23.3 Å². The summed E-state index contributed by atoms with van der Waals surface area (Å²) in [4.78, 5) is 23.5. The number of halogens is 3. The van der Waals surface area contributed by atoms with Gasteiger partial charge in [0.05, 0.1) is 0 Å². The summed E-state index contributed by atoms with van der Waals surface area (Å²) in [6, 6.07) is 9.97. The van der Waals surface area contributed by atoms with Gasteiger partial charge in [-0.25, -0.2) is 4.79 Å². The van der Waals surface area contributed by atoms with E-state index in [1.54, 1.807) is 12.1 Å². The van der Waals surface area contributed by atoms with Crippen LogP contribution in [0.2, 0.25) is 0 Å². The third-order valence-corrected chi connectivity index (χ3v) is 3.64. The highest BCUT2D eigenvalue weighted by Gasteiger charge is 2.30. The molecule has 28 heavy (non-hydrogen) atoms. The molecular weight excluding hydrogens is 379 g/mol. The maximum atomic E-state index is 12.1. The minimum atomic E-state index is -4.79. The van der Waals surface area contributed by atoms with E-state index >= 15 is 0 Å². The summed E-state index contributed by atoms with van der Waals surface area (Å²) in [6.45, 7) is 2.85. The molecule has 0 aliphatic heterocycles. The van der Waals surface area contributed by atoms with E-state index in [1.807, 2.05) is 19.9 Å². The van der Waals surface area contributed by atoms with Crippen molar-refractivity contribution < 1.29 is 37.0 Å². The Labute approximate surface area is 159 Å². The molecule has 0 bridgehead atoms. The lowest BCUT2D eigenvalue weighted by Crippen LogP contribution is -2.23. The van der Waals surface area contributed by atoms with Gasteiger partial charge in [0.15, 0.2) is 13.2 Å². The van der Waals surface area contributed by atoms with Crippen LogP contribution in [0.1, 0.15) is 11.1 Å². The first kappa shape index (κ1) is 21.1. The number of esters is 1. The predicted molar refractivity (Wildman–Crippen MR) is 94.1 cm³/mol. The van der Waals surface area contributed by atoms with E-state index in [4.69, 9.17) is 9.47 Å². The van der Waals surface area contributed by atoms with Crippen LogP contribution in [-0.4, -0.2) is 31.5 Å². The molecule has 1 N–H and O–H groups in total. The number of ether oxygens (including phenoxy) is 3. The summed E-state index contributed by atoms with van der Waals surface area (Å²) in [7, 11) is 0. The van der Waals surface area contributed by atoms with Crippen molar-refractivity contribution in [1.29, 1.82) is 0 Å². The molecule has 0 saturated carbocycles. The van der Waals surface area contributed by atoms with Gasteiger partial charge >= 0.3 is 12.3 Å². The molecule has 0 unspecified atom stereocenters. The zero-order valence-electron chi connectivity index (χ0n) is 15.1. The summed E-state index contributed by atoms with van der Waals surface area (Å²) >= 11 is 0. The molecule has 6 nitrogen and oxygen atoms in total. The van der Waals surface area contributed by atoms with Gasteiger partial charge in [0, 0.05) is 5.69 Å². The Morgan fingerprint density at radius 3 is 2.32 bits per heavy atom. The maximum Gasteiger partial charge on any atom is 0.573 e. The van der Waals surface area contributed by atoms with Crippen molar-refractivity contribution in [2.45, 2.75) is 20.2 Å². The Kier molecular flexibility index (Phi) is 6.86. The number of aryl methyl sites for hydroxylation is 1. The Morgan fingerprint density at radius 1 is 1.00 bits per heavy atom. The van der Waals surface area contributed by atoms with Crippen molar-refractivity contribution in [3.05, 3.63) is 53.6 Å². The third-order valence-electron chi connectivity index (χ3n) is 3.64. The second-order valence-corrected chi connectivity index (χ2v) is 5.77. The number of amides is 1. The molecule has 0 radical (unpaired) electrons. The normalized spacial score (nSPS) is 10.9. The zero-order chi connectivity index (χ0) is 20.7. The predicted octanol–water partition coefficient (Wildman–Crippen LogP) is 3.76. The number of hydrogen-bond acceptors (Lipinski definition) is 5. The van der Waals surface area contributed by atoms with Gasteiger partial charge in [-0.15, -0.1) is 13.2 Å². The summed E-state index contributed by atoms with van der Waals surface area (Å²) in [6.07, 6.45) is -4.79. The molecule has 0 aliphatic carbocycles. The highest BCUT2D eigenvalue weighted by atomic mass is 19.4. The molecule has 2 rings (SSSR count). The summed E-state index contributed by atoms with van der Waals surface area (Å²) in [5.74, 6) is -1.25. The molecule has 0 fully saturated rings. The molecule has 2 aromatic rings. The van der Waals surface area contributed by atoms with Crippen LogP contribution >= 0.6 is 0 Å². The standard InChI is InChI=1S/C19H18F3NO5/c1-12-4-3-5-16(13(12)2)26-11-18(25)27-10-17(24)23-14-6-8-15(9-7-14)28-19(20,21)22/h3-9H,10-11H2,1-2H3,(H,23,24). The van der Waals surface area contributed by atoms with E-state index in [1.165, 1.54) is 12.1 Å². The Balaban J connectivity index is 1.75. The van der Waals surface area contributed by atoms with E-state index < -0.39 is 30.6 Å². The van der Waals surface area contributed by atoms with Gasteiger partial charge in [-0.2, -0.15) is 0 Å². The van der Waals surface area contributed by atoms with Crippen molar-refractivity contribution in [1.82, 2.24) is 0 Å². The van der Waals surface area contributed by atoms with Crippen LogP contribution in [0.25, 0.3) is 0 Å². The quantitative estimate of drug-likeness (QED) is 0.720. The van der Waals surface area contributed by atoms with Crippen molar-refractivity contribution >= 4 is 17.6 Å². The van der Waals surface area contributed by atoms with E-state index in [2.05, 4.69) is 10.1 Å². The first-order chi connectivity index (χ1) is 13.1. The Morgan fingerprint density at radius 2 is 1.68 bits per heavy atom. The zero-order valence-corrected chi connectivity index (χ0v) is 15.1. The van der Waals surface area contributed by atoms with Crippen LogP contribution in [0.3, 0.4) is 0 Å². The van der Waals surface area contributed by atoms with Gasteiger partial charge in [0.25, 0.3) is 5.91 Å². The molecule has 1 amide bonds. The largest absolute Gasteiger partial charge is 0.573 e. The second-order valence-electron chi connectivity index (χ2n) is 5.77. The average Bonchev–Trinajstić information content (AvgIpc) is 2.61. The lowest BCUT2D eigenvalue weighted by Gasteiger charge is -2.11. The van der Waals surface area contributed by atoms with Gasteiger partial charge in [-0.05, 0) is 55.3 Å². The topological polar surface area (TPSA) is 73.9 Å². The number of alkyl halides is 3. The minimum absolute atomic E-state index is 0.224. The van der Waals surface area contributed by atoms with Gasteiger partial charge < -0.3 is 19.5 Å². The third kappa shape index (κ3) is 6.82. The first-order valence-corrected chi connectivity index (χ1v) is 8.14. The van der Waals surface area contributed by atoms with Crippen LogP contribution in [0.5, 0.6) is 11.5 Å². The Bertz CT molecular complexity index is 834. The Hall–Kier alpha value is -3.23. The van der Waals surface area contributed by atoms with Crippen LogP contribution in [0, 0.1) is 13.8 Å². The number of carbonyl (C=O) groups is 2. The number of rotatable bonds is 7. The molecule has 0 heterocycles. The monoisotopic (exact) mass is 397 g/mol. The van der Waals surface area contributed by atoms with Crippen molar-refractivity contribution in [3.8, 4) is 11.5 Å². The molecule has 0 saturated heterocycles. The maximum absolute atomic E-state index is 12.1. The van der Waals surface area contributed by atoms with Crippen molar-refractivity contribution in [2.24, 2.45) is 0 Å². The number of benzene rings is 2. The first-order valence-electron chi connectivity index (χ1n) is 8.14. The van der Waals surface area contributed by atoms with Gasteiger partial charge in [-0.3, -0.25) is 4.79 Å². The fraction of sp³-hybridized carbons (Fsp3) is 0.263. The van der Waals surface area contributed by atoms with Crippen LogP contribution in [0.15, 0.2) is 42.5 Å². The average molecular weight is 397 g/mol. The summed E-state index contributed by atoms with van der Waals surface area (Å²) < 4.78 is 50.2. The molecule has 2 aromatic carbocycles. The molecule has 0 aliphatic rings. The second kappa shape index (κ2) is 9.12. The molecule has 0 spiro atoms. The lowest BCUT2D eigenvalue weighted by atomic mass is 10.1. The highest BCUT2D eigenvalue weighted by molar-refractivity contribution is 5.92. The highest BCUT2D eigenvalue weighted by Crippen LogP contribution is 2.24. The number of nitrogens with one attached hydrogen (secondary N) is 1. The van der Waals surface area contributed by atoms with Gasteiger partial charge in [-0.1, -0.05) is 12.1 Å². The minimum Gasteiger partial charge on any atom is -0.482 e. The molecule has 0 aromatic heterocycles. The van der Waals surface area contributed by atoms with E-state index in [-0.39, 0.29) is 12.3 Å². The molecule has 0 atom stereocenters. The van der Waals surface area contributed by atoms with Crippen molar-refractivity contribution in [3.63, 3.8) is 0 Å². The molecule has 150 valence electrons. The SMILES string of the molecule is Cc1cccc(OCC(=O)OCC(=O)Nc2ccc(OC(F)(F)F)cc2)c1C. The number of carbonyl (C=O) groups excluding carboxylic acids is 2. The summed E-state index contributed by atoms with van der Waals surface area (Å²) in [5, 5.41) is 2.38. The van der Waals surface area contributed by atoms with Gasteiger partial charge in [0.2, 0.25) is 0 Å². The fourth-order valence-corrected chi connectivity index (χ4v) is 2.14. The fourth-order valence-electron chi connectivity index (χ4n) is 2.14. The number of anilines is 1. The van der Waals surface area contributed by atoms with Crippen LogP contribution < -0.4 is 14.8 Å². The van der Waals surface area contributed by atoms with Crippen LogP contribution in [-0.2, 0) is 14.3 Å². The smallest absolute Gasteiger partial charge is 0.482 e. The number of hydrogen-bond donors (Lipinski definition) is 1. The van der Waals surface area contributed by atoms with E-state index in [9.17, 15) is 22.8 Å². The lowest BCUT2D eigenvalue weighted by molar-refractivity contribution is -0.274. The van der Waals surface area contributed by atoms with E-state index in [0.29, 0.717) is 5.75 Å². The molecular formula is C19H18F3NO5. The molecule has 9 heteroatoms. The van der Waals surface area contributed by atoms with Crippen LogP contribution in [0.4, 0.5) is 18.9 Å². The summed E-state index contributed by atoms with van der Waals surface area (Å²) in [5.41, 5.74) is 2.13. The van der Waals surface area contributed by atoms with Crippen molar-refractivity contribution in [2.75, 3.05) is 18.5 Å². The van der Waals surface area contributed by atoms with Gasteiger partial charge in [0.1, 0.15) is 11.5 Å².